The summed E-state index contributed by atoms with van der Waals surface area (Å²) in [4.78, 5) is 0. The molecule has 108 valence electrons. The van der Waals surface area contributed by atoms with Gasteiger partial charge in [-0.05, 0) is 27.2 Å². The van der Waals surface area contributed by atoms with E-state index in [0.717, 1.165) is 13.0 Å². The molecule has 1 rings (SSSR count). The predicted octanol–water partition coefficient (Wildman–Crippen LogP) is 1.77. The average Bonchev–Trinajstić information content (AvgIpc) is 3.15. The lowest BCUT2D eigenvalue weighted by atomic mass is 10.5. The van der Waals surface area contributed by atoms with E-state index in [9.17, 15) is 0 Å². The lowest BCUT2D eigenvalue weighted by molar-refractivity contribution is -0.0147. The second-order valence-electron chi connectivity index (χ2n) is 4.09. The van der Waals surface area contributed by atoms with E-state index in [0.29, 0.717) is 26.4 Å². The molecular formula is C12H26O5Si. The van der Waals surface area contributed by atoms with Crippen molar-refractivity contribution < 1.29 is 22.8 Å². The van der Waals surface area contributed by atoms with E-state index >= 15 is 0 Å². The van der Waals surface area contributed by atoms with Crippen molar-refractivity contribution in [2.75, 3.05) is 33.0 Å². The largest absolute Gasteiger partial charge is 0.531 e. The van der Waals surface area contributed by atoms with Crippen LogP contribution in [0.1, 0.15) is 34.1 Å². The number of rotatable bonds is 11. The molecule has 1 heterocycles. The molecule has 0 aromatic carbocycles. The van der Waals surface area contributed by atoms with Gasteiger partial charge in [0.25, 0.3) is 0 Å². The van der Waals surface area contributed by atoms with Gasteiger partial charge in [0.15, 0.2) is 0 Å². The lowest BCUT2D eigenvalue weighted by Crippen LogP contribution is -2.57. The Hall–Kier alpha value is 0.0169. The van der Waals surface area contributed by atoms with Crippen molar-refractivity contribution in [2.45, 2.75) is 45.9 Å². The van der Waals surface area contributed by atoms with Crippen LogP contribution in [0.3, 0.4) is 0 Å². The molecule has 0 aromatic heterocycles. The second kappa shape index (κ2) is 8.24. The van der Waals surface area contributed by atoms with E-state index in [4.69, 9.17) is 22.8 Å². The van der Waals surface area contributed by atoms with Crippen molar-refractivity contribution in [1.29, 1.82) is 0 Å². The molecular weight excluding hydrogens is 252 g/mol. The SMILES string of the molecule is CCO[Si](OCC)(OCC)C(CC)OCC1CO1. The highest BCUT2D eigenvalue weighted by atomic mass is 28.4. The Bertz CT molecular complexity index is 205. The van der Waals surface area contributed by atoms with E-state index in [1.165, 1.54) is 0 Å². The third-order valence-electron chi connectivity index (χ3n) is 2.69. The van der Waals surface area contributed by atoms with Gasteiger partial charge in [-0.25, -0.2) is 0 Å². The highest BCUT2D eigenvalue weighted by Gasteiger charge is 2.50. The average molecular weight is 278 g/mol. The minimum absolute atomic E-state index is 0.110. The van der Waals surface area contributed by atoms with Crippen molar-refractivity contribution in [3.63, 3.8) is 0 Å². The minimum Gasteiger partial charge on any atom is -0.372 e. The quantitative estimate of drug-likeness (QED) is 0.426. The first kappa shape index (κ1) is 16.1. The van der Waals surface area contributed by atoms with Crippen LogP contribution < -0.4 is 0 Å². The molecule has 2 atom stereocenters. The van der Waals surface area contributed by atoms with Crippen LogP contribution in [-0.2, 0) is 22.8 Å². The Kier molecular flexibility index (Phi) is 7.36. The van der Waals surface area contributed by atoms with Crippen LogP contribution >= 0.6 is 0 Å². The van der Waals surface area contributed by atoms with E-state index in [1.807, 2.05) is 20.8 Å². The monoisotopic (exact) mass is 278 g/mol. The normalized spacial score (nSPS) is 21.0. The standard InChI is InChI=1S/C12H26O5Si/c1-5-12(14-10-11-9-13-11)18(15-6-2,16-7-3)17-8-4/h11-12H,5-10H2,1-4H3. The van der Waals surface area contributed by atoms with Crippen molar-refractivity contribution in [3.05, 3.63) is 0 Å². The van der Waals surface area contributed by atoms with Crippen LogP contribution in [0.15, 0.2) is 0 Å². The van der Waals surface area contributed by atoms with Crippen LogP contribution in [0.5, 0.6) is 0 Å². The fourth-order valence-corrected chi connectivity index (χ4v) is 4.68. The lowest BCUT2D eigenvalue weighted by Gasteiger charge is -2.34. The van der Waals surface area contributed by atoms with Crippen molar-refractivity contribution >= 4 is 8.80 Å². The molecule has 0 N–H and O–H groups in total. The summed E-state index contributed by atoms with van der Waals surface area (Å²) < 4.78 is 28.6. The van der Waals surface area contributed by atoms with E-state index in [-0.39, 0.29) is 11.8 Å². The smallest absolute Gasteiger partial charge is 0.372 e. The van der Waals surface area contributed by atoms with Gasteiger partial charge >= 0.3 is 8.80 Å². The number of epoxide rings is 1. The van der Waals surface area contributed by atoms with E-state index in [2.05, 4.69) is 6.92 Å². The van der Waals surface area contributed by atoms with Gasteiger partial charge in [-0.15, -0.1) is 0 Å². The summed E-state index contributed by atoms with van der Waals surface area (Å²) in [5.74, 6) is 0. The molecule has 5 nitrogen and oxygen atoms in total. The zero-order chi connectivity index (χ0) is 13.4. The maximum Gasteiger partial charge on any atom is 0.531 e. The summed E-state index contributed by atoms with van der Waals surface area (Å²) >= 11 is 0. The molecule has 18 heavy (non-hydrogen) atoms. The molecule has 0 radical (unpaired) electrons. The summed E-state index contributed by atoms with van der Waals surface area (Å²) in [6, 6.07) is 0. The molecule has 1 aliphatic heterocycles. The van der Waals surface area contributed by atoms with Crippen LogP contribution in [0.25, 0.3) is 0 Å². The topological polar surface area (TPSA) is 49.5 Å². The maximum atomic E-state index is 5.90. The van der Waals surface area contributed by atoms with Gasteiger partial charge in [-0.3, -0.25) is 0 Å². The Morgan fingerprint density at radius 1 is 1.06 bits per heavy atom. The molecule has 6 heteroatoms. The number of hydrogen-bond acceptors (Lipinski definition) is 5. The Morgan fingerprint density at radius 3 is 1.89 bits per heavy atom. The van der Waals surface area contributed by atoms with Crippen LogP contribution in [0.2, 0.25) is 0 Å². The molecule has 0 bridgehead atoms. The summed E-state index contributed by atoms with van der Waals surface area (Å²) in [5.41, 5.74) is -0.110. The molecule has 0 aromatic rings. The first-order valence-corrected chi connectivity index (χ1v) is 8.67. The van der Waals surface area contributed by atoms with Gasteiger partial charge < -0.3 is 22.8 Å². The van der Waals surface area contributed by atoms with Gasteiger partial charge in [-0.1, -0.05) is 6.92 Å². The van der Waals surface area contributed by atoms with Gasteiger partial charge in [0, 0.05) is 19.8 Å². The first-order chi connectivity index (χ1) is 8.72. The third-order valence-corrected chi connectivity index (χ3v) is 6.12. The molecule has 0 aliphatic carbocycles. The zero-order valence-electron chi connectivity index (χ0n) is 11.9. The van der Waals surface area contributed by atoms with Crippen LogP contribution in [-0.4, -0.2) is 53.7 Å². The van der Waals surface area contributed by atoms with Crippen molar-refractivity contribution in [3.8, 4) is 0 Å². The molecule has 0 amide bonds. The second-order valence-corrected chi connectivity index (χ2v) is 6.81. The molecule has 0 saturated carbocycles. The van der Waals surface area contributed by atoms with E-state index in [1.54, 1.807) is 0 Å². The fraction of sp³-hybridized carbons (Fsp3) is 1.00. The van der Waals surface area contributed by atoms with Crippen LogP contribution in [0, 0.1) is 0 Å². The fourth-order valence-electron chi connectivity index (χ4n) is 1.87. The Morgan fingerprint density at radius 2 is 1.56 bits per heavy atom. The summed E-state index contributed by atoms with van der Waals surface area (Å²) in [5, 5.41) is 0. The minimum atomic E-state index is -2.74. The Balaban J connectivity index is 2.65. The summed E-state index contributed by atoms with van der Waals surface area (Å²) in [6.07, 6.45) is 1.06. The Labute approximate surface area is 111 Å². The third kappa shape index (κ3) is 4.60. The first-order valence-electron chi connectivity index (χ1n) is 6.87. The highest BCUT2D eigenvalue weighted by Crippen LogP contribution is 2.22. The maximum absolute atomic E-state index is 5.90. The van der Waals surface area contributed by atoms with Gasteiger partial charge in [0.2, 0.25) is 0 Å². The van der Waals surface area contributed by atoms with Crippen LogP contribution in [0.4, 0.5) is 0 Å². The molecule has 1 saturated heterocycles. The van der Waals surface area contributed by atoms with Gasteiger partial charge in [0.05, 0.1) is 13.2 Å². The molecule has 2 unspecified atom stereocenters. The van der Waals surface area contributed by atoms with Gasteiger partial charge in [-0.2, -0.15) is 0 Å². The molecule has 0 spiro atoms. The summed E-state index contributed by atoms with van der Waals surface area (Å²) in [7, 11) is -2.74. The van der Waals surface area contributed by atoms with Crippen molar-refractivity contribution in [2.24, 2.45) is 0 Å². The van der Waals surface area contributed by atoms with Gasteiger partial charge in [0.1, 0.15) is 11.8 Å². The zero-order valence-corrected chi connectivity index (χ0v) is 12.9. The highest BCUT2D eigenvalue weighted by molar-refractivity contribution is 6.62. The number of ether oxygens (including phenoxy) is 2. The van der Waals surface area contributed by atoms with Crippen molar-refractivity contribution in [1.82, 2.24) is 0 Å². The molecule has 1 fully saturated rings. The van der Waals surface area contributed by atoms with E-state index < -0.39 is 8.80 Å². The molecule has 1 aliphatic rings. The summed E-state index contributed by atoms with van der Waals surface area (Å²) in [6.45, 7) is 11.0. The number of hydrogen-bond donors (Lipinski definition) is 0. The predicted molar refractivity (Wildman–Crippen MR) is 70.4 cm³/mol.